The molecule has 3 N–H and O–H groups in total. The number of aromatic amines is 1. The maximum absolute atomic E-state index is 12.2. The molecule has 0 aliphatic carbocycles. The minimum atomic E-state index is -0.580. The van der Waals surface area contributed by atoms with E-state index in [2.05, 4.69) is 17.1 Å². The zero-order valence-electron chi connectivity index (χ0n) is 17.5. The number of fused-ring (bicyclic) bond motifs is 3. The highest BCUT2D eigenvalue weighted by Gasteiger charge is 2.40. The van der Waals surface area contributed by atoms with Crippen LogP contribution in [0.5, 0.6) is 0 Å². The number of ether oxygens (including phenoxy) is 2. The van der Waals surface area contributed by atoms with Crippen molar-refractivity contribution in [2.45, 2.75) is 64.4 Å². The van der Waals surface area contributed by atoms with Crippen LogP contribution in [0.25, 0.3) is 10.9 Å². The van der Waals surface area contributed by atoms with E-state index in [0.717, 1.165) is 36.9 Å². The molecule has 2 unspecified atom stereocenters. The van der Waals surface area contributed by atoms with Crippen LogP contribution in [0.15, 0.2) is 24.3 Å². The van der Waals surface area contributed by atoms with Crippen molar-refractivity contribution in [3.8, 4) is 0 Å². The van der Waals surface area contributed by atoms with E-state index in [1.165, 1.54) is 10.9 Å². The minimum Gasteiger partial charge on any atom is -0.466 e. The molecule has 0 fully saturated rings. The van der Waals surface area contributed by atoms with Crippen LogP contribution in [0.1, 0.15) is 63.6 Å². The first-order valence-corrected chi connectivity index (χ1v) is 10.6. The van der Waals surface area contributed by atoms with Crippen LogP contribution in [0.2, 0.25) is 0 Å². The van der Waals surface area contributed by atoms with Gasteiger partial charge in [0.25, 0.3) is 0 Å². The molecule has 6 nitrogen and oxygen atoms in total. The van der Waals surface area contributed by atoms with Gasteiger partial charge in [-0.15, -0.1) is 0 Å². The molecular weight excluding hydrogens is 368 g/mol. The molecule has 1 amide bonds. The standard InChI is InChI=1S/C23H32N2O4/c1-3-13-28-21(27)9-12-23(11-8-16(2)15-20(24)26)22-18(10-14-29-23)17-6-4-5-7-19(17)25-22/h4-7,16,25H,3,8-15H2,1-2H3,(H2,24,26). The van der Waals surface area contributed by atoms with Gasteiger partial charge < -0.3 is 20.2 Å². The Kier molecular flexibility index (Phi) is 6.96. The lowest BCUT2D eigenvalue weighted by molar-refractivity contribution is -0.147. The van der Waals surface area contributed by atoms with Gasteiger partial charge in [-0.25, -0.2) is 0 Å². The topological polar surface area (TPSA) is 94.4 Å². The molecule has 1 aromatic carbocycles. The molecule has 1 aromatic heterocycles. The van der Waals surface area contributed by atoms with E-state index in [1.54, 1.807) is 0 Å². The van der Waals surface area contributed by atoms with E-state index in [0.29, 0.717) is 32.5 Å². The number of hydrogen-bond acceptors (Lipinski definition) is 4. The fraction of sp³-hybridized carbons (Fsp3) is 0.565. The number of carbonyl (C=O) groups is 2. The summed E-state index contributed by atoms with van der Waals surface area (Å²) in [7, 11) is 0. The molecule has 6 heteroatoms. The number of carbonyl (C=O) groups excluding carboxylic acids is 2. The zero-order chi connectivity index (χ0) is 20.9. The summed E-state index contributed by atoms with van der Waals surface area (Å²) in [5.41, 5.74) is 8.22. The first-order chi connectivity index (χ1) is 13.9. The molecule has 2 atom stereocenters. The van der Waals surface area contributed by atoms with Crippen LogP contribution in [0, 0.1) is 5.92 Å². The van der Waals surface area contributed by atoms with Gasteiger partial charge in [-0.1, -0.05) is 32.0 Å². The molecule has 2 aromatic rings. The number of rotatable bonds is 10. The van der Waals surface area contributed by atoms with Gasteiger partial charge in [0.05, 0.1) is 18.9 Å². The quantitative estimate of drug-likeness (QED) is 0.590. The van der Waals surface area contributed by atoms with Gasteiger partial charge >= 0.3 is 5.97 Å². The molecule has 0 spiro atoms. The highest BCUT2D eigenvalue weighted by molar-refractivity contribution is 5.85. The average molecular weight is 401 g/mol. The Hall–Kier alpha value is -2.34. The number of nitrogens with one attached hydrogen (secondary N) is 1. The van der Waals surface area contributed by atoms with Gasteiger partial charge in [0.15, 0.2) is 0 Å². The summed E-state index contributed by atoms with van der Waals surface area (Å²) < 4.78 is 11.7. The Morgan fingerprint density at radius 1 is 1.31 bits per heavy atom. The molecule has 158 valence electrons. The van der Waals surface area contributed by atoms with Crippen molar-refractivity contribution in [2.75, 3.05) is 13.2 Å². The number of esters is 1. The lowest BCUT2D eigenvalue weighted by atomic mass is 9.81. The summed E-state index contributed by atoms with van der Waals surface area (Å²) in [5, 5.41) is 1.22. The SMILES string of the molecule is CCCOC(=O)CCC1(CCC(C)CC(N)=O)OCCc2c1[nH]c1ccccc21. The summed E-state index contributed by atoms with van der Waals surface area (Å²) in [6.45, 7) is 5.07. The molecule has 3 rings (SSSR count). The van der Waals surface area contributed by atoms with E-state index >= 15 is 0 Å². The highest BCUT2D eigenvalue weighted by Crippen LogP contribution is 2.43. The fourth-order valence-electron chi connectivity index (χ4n) is 4.31. The Bertz CT molecular complexity index is 860. The van der Waals surface area contributed by atoms with E-state index < -0.39 is 5.60 Å². The molecule has 1 aliphatic heterocycles. The Balaban J connectivity index is 1.87. The van der Waals surface area contributed by atoms with Crippen LogP contribution in [-0.4, -0.2) is 30.1 Å². The second kappa shape index (κ2) is 9.44. The van der Waals surface area contributed by atoms with E-state index in [4.69, 9.17) is 15.2 Å². The Labute approximate surface area is 172 Å². The monoisotopic (exact) mass is 400 g/mol. The summed E-state index contributed by atoms with van der Waals surface area (Å²) >= 11 is 0. The predicted octanol–water partition coefficient (Wildman–Crippen LogP) is 3.96. The van der Waals surface area contributed by atoms with Crippen molar-refractivity contribution >= 4 is 22.8 Å². The number of H-pyrrole nitrogens is 1. The molecule has 0 saturated heterocycles. The van der Waals surface area contributed by atoms with Crippen molar-refractivity contribution in [3.63, 3.8) is 0 Å². The third kappa shape index (κ3) is 4.99. The largest absolute Gasteiger partial charge is 0.466 e. The summed E-state index contributed by atoms with van der Waals surface area (Å²) in [6, 6.07) is 8.27. The van der Waals surface area contributed by atoms with Crippen molar-refractivity contribution < 1.29 is 19.1 Å². The van der Waals surface area contributed by atoms with Gasteiger partial charge in [0.2, 0.25) is 5.91 Å². The number of para-hydroxylation sites is 1. The number of benzene rings is 1. The highest BCUT2D eigenvalue weighted by atomic mass is 16.5. The zero-order valence-corrected chi connectivity index (χ0v) is 17.5. The second-order valence-electron chi connectivity index (χ2n) is 8.15. The maximum atomic E-state index is 12.2. The van der Waals surface area contributed by atoms with Gasteiger partial charge in [0, 0.05) is 23.7 Å². The number of amides is 1. The Morgan fingerprint density at radius 3 is 2.86 bits per heavy atom. The number of primary amides is 1. The van der Waals surface area contributed by atoms with Crippen LogP contribution in [0.4, 0.5) is 0 Å². The molecular formula is C23H32N2O4. The van der Waals surface area contributed by atoms with E-state index in [9.17, 15) is 9.59 Å². The molecule has 0 saturated carbocycles. The van der Waals surface area contributed by atoms with E-state index in [1.807, 2.05) is 26.0 Å². The predicted molar refractivity (Wildman–Crippen MR) is 112 cm³/mol. The average Bonchev–Trinajstić information content (AvgIpc) is 3.09. The minimum absolute atomic E-state index is 0.162. The third-order valence-corrected chi connectivity index (χ3v) is 5.79. The van der Waals surface area contributed by atoms with Crippen molar-refractivity contribution in [3.05, 3.63) is 35.5 Å². The van der Waals surface area contributed by atoms with Crippen LogP contribution < -0.4 is 5.73 Å². The molecule has 1 aliphatic rings. The maximum Gasteiger partial charge on any atom is 0.305 e. The molecule has 0 radical (unpaired) electrons. The Morgan fingerprint density at radius 2 is 2.10 bits per heavy atom. The van der Waals surface area contributed by atoms with Crippen molar-refractivity contribution in [2.24, 2.45) is 11.7 Å². The lowest BCUT2D eigenvalue weighted by Crippen LogP contribution is -2.37. The third-order valence-electron chi connectivity index (χ3n) is 5.79. The molecule has 2 heterocycles. The van der Waals surface area contributed by atoms with Crippen LogP contribution >= 0.6 is 0 Å². The van der Waals surface area contributed by atoms with E-state index in [-0.39, 0.29) is 17.8 Å². The number of aromatic nitrogens is 1. The lowest BCUT2D eigenvalue weighted by Gasteiger charge is -2.38. The first kappa shape index (κ1) is 21.4. The van der Waals surface area contributed by atoms with Gasteiger partial charge in [-0.3, -0.25) is 9.59 Å². The number of nitrogens with two attached hydrogens (primary N) is 1. The first-order valence-electron chi connectivity index (χ1n) is 10.6. The summed E-state index contributed by atoms with van der Waals surface area (Å²) in [6.07, 6.45) is 4.39. The summed E-state index contributed by atoms with van der Waals surface area (Å²) in [5.74, 6) is -0.316. The smallest absolute Gasteiger partial charge is 0.305 e. The molecule has 0 bridgehead atoms. The summed E-state index contributed by atoms with van der Waals surface area (Å²) in [4.78, 5) is 27.1. The second-order valence-corrected chi connectivity index (χ2v) is 8.15. The number of hydrogen-bond donors (Lipinski definition) is 2. The van der Waals surface area contributed by atoms with Crippen molar-refractivity contribution in [1.29, 1.82) is 0 Å². The van der Waals surface area contributed by atoms with Crippen LogP contribution in [0.3, 0.4) is 0 Å². The van der Waals surface area contributed by atoms with Gasteiger partial charge in [0.1, 0.15) is 5.60 Å². The fourth-order valence-corrected chi connectivity index (χ4v) is 4.31. The normalized spacial score (nSPS) is 19.7. The van der Waals surface area contributed by atoms with Gasteiger partial charge in [-0.2, -0.15) is 0 Å². The molecule has 29 heavy (non-hydrogen) atoms. The van der Waals surface area contributed by atoms with Gasteiger partial charge in [-0.05, 0) is 49.7 Å². The van der Waals surface area contributed by atoms with Crippen molar-refractivity contribution in [1.82, 2.24) is 4.98 Å². The van der Waals surface area contributed by atoms with Crippen LogP contribution in [-0.2, 0) is 31.1 Å².